The highest BCUT2D eigenvalue weighted by atomic mass is 16.5. The van der Waals surface area contributed by atoms with Crippen molar-refractivity contribution in [2.75, 3.05) is 30.3 Å². The van der Waals surface area contributed by atoms with E-state index in [1.165, 1.54) is 0 Å². The predicted molar refractivity (Wildman–Crippen MR) is 120 cm³/mol. The van der Waals surface area contributed by atoms with E-state index >= 15 is 0 Å². The van der Waals surface area contributed by atoms with Crippen molar-refractivity contribution in [3.05, 3.63) is 54.1 Å². The van der Waals surface area contributed by atoms with Crippen LogP contribution >= 0.6 is 0 Å². The molecular formula is C24H31N3O3. The number of hydrogen-bond acceptors (Lipinski definition) is 4. The lowest BCUT2D eigenvalue weighted by atomic mass is 9.98. The summed E-state index contributed by atoms with van der Waals surface area (Å²) < 4.78 is 5.62. The van der Waals surface area contributed by atoms with Gasteiger partial charge in [0.25, 0.3) is 5.91 Å². The van der Waals surface area contributed by atoms with Gasteiger partial charge in [-0.2, -0.15) is 0 Å². The summed E-state index contributed by atoms with van der Waals surface area (Å²) >= 11 is 0. The first kappa shape index (κ1) is 21.7. The minimum absolute atomic E-state index is 0.0276. The highest BCUT2D eigenvalue weighted by molar-refractivity contribution is 5.98. The molecule has 6 nitrogen and oxygen atoms in total. The molecule has 2 amide bonds. The van der Waals surface area contributed by atoms with E-state index in [-0.39, 0.29) is 24.5 Å². The Kier molecular flexibility index (Phi) is 7.33. The molecule has 0 atom stereocenters. The van der Waals surface area contributed by atoms with Crippen molar-refractivity contribution in [3.8, 4) is 5.75 Å². The summed E-state index contributed by atoms with van der Waals surface area (Å²) in [5.41, 5.74) is 2.07. The number of carbonyl (C=O) groups excluding carboxylic acids is 2. The van der Waals surface area contributed by atoms with Gasteiger partial charge in [-0.1, -0.05) is 13.0 Å². The molecule has 6 heteroatoms. The van der Waals surface area contributed by atoms with Crippen LogP contribution in [0.3, 0.4) is 0 Å². The van der Waals surface area contributed by atoms with Crippen molar-refractivity contribution < 1.29 is 14.3 Å². The Morgan fingerprint density at radius 3 is 2.43 bits per heavy atom. The molecule has 2 aromatic rings. The maximum Gasteiger partial charge on any atom is 0.253 e. The van der Waals surface area contributed by atoms with Gasteiger partial charge in [0.05, 0.1) is 12.6 Å². The molecule has 0 unspecified atom stereocenters. The first-order valence-corrected chi connectivity index (χ1v) is 10.6. The molecule has 0 aromatic heterocycles. The molecular weight excluding hydrogens is 378 g/mol. The van der Waals surface area contributed by atoms with Crippen molar-refractivity contribution in [3.63, 3.8) is 0 Å². The number of rotatable bonds is 7. The maximum absolute atomic E-state index is 12.7. The zero-order valence-corrected chi connectivity index (χ0v) is 18.0. The number of nitrogens with one attached hydrogen (secondary N) is 2. The van der Waals surface area contributed by atoms with E-state index in [2.05, 4.69) is 17.6 Å². The van der Waals surface area contributed by atoms with Crippen LogP contribution in [0.25, 0.3) is 0 Å². The average molecular weight is 410 g/mol. The summed E-state index contributed by atoms with van der Waals surface area (Å²) in [6.45, 7) is 7.90. The first-order chi connectivity index (χ1) is 14.4. The molecule has 1 aliphatic rings. The molecule has 0 radical (unpaired) electrons. The summed E-state index contributed by atoms with van der Waals surface area (Å²) in [6, 6.07) is 14.6. The third-order valence-electron chi connectivity index (χ3n) is 5.14. The molecule has 1 heterocycles. The maximum atomic E-state index is 12.7. The normalized spacial score (nSPS) is 14.5. The van der Waals surface area contributed by atoms with Gasteiger partial charge in [-0.15, -0.1) is 0 Å². The van der Waals surface area contributed by atoms with E-state index in [1.807, 2.05) is 43.0 Å². The lowest BCUT2D eigenvalue weighted by Gasteiger charge is -2.30. The van der Waals surface area contributed by atoms with E-state index in [0.29, 0.717) is 17.2 Å². The van der Waals surface area contributed by atoms with Gasteiger partial charge in [-0.05, 0) is 75.1 Å². The lowest BCUT2D eigenvalue weighted by molar-refractivity contribution is -0.114. The molecule has 0 saturated carbocycles. The SMILES string of the molecule is CC1CCN(C(=O)c2cccc(NC(=O)CNc3ccc(OC(C)C)cc3)c2)CC1. The van der Waals surface area contributed by atoms with E-state index in [9.17, 15) is 9.59 Å². The second-order valence-electron chi connectivity index (χ2n) is 8.15. The molecule has 0 aliphatic carbocycles. The monoisotopic (exact) mass is 409 g/mol. The molecule has 0 bridgehead atoms. The fraction of sp³-hybridized carbons (Fsp3) is 0.417. The molecule has 1 fully saturated rings. The molecule has 1 saturated heterocycles. The second-order valence-corrected chi connectivity index (χ2v) is 8.15. The van der Waals surface area contributed by atoms with Crippen molar-refractivity contribution in [1.29, 1.82) is 0 Å². The van der Waals surface area contributed by atoms with Crippen molar-refractivity contribution >= 4 is 23.2 Å². The average Bonchev–Trinajstić information content (AvgIpc) is 2.73. The van der Waals surface area contributed by atoms with Gasteiger partial charge in [0.1, 0.15) is 5.75 Å². The van der Waals surface area contributed by atoms with E-state index in [0.717, 1.165) is 37.4 Å². The quantitative estimate of drug-likeness (QED) is 0.711. The Bertz CT molecular complexity index is 856. The predicted octanol–water partition coefficient (Wildman–Crippen LogP) is 4.40. The highest BCUT2D eigenvalue weighted by Gasteiger charge is 2.21. The Labute approximate surface area is 178 Å². The van der Waals surface area contributed by atoms with Gasteiger partial charge in [0.15, 0.2) is 0 Å². The minimum atomic E-state index is -0.172. The van der Waals surface area contributed by atoms with Gasteiger partial charge in [0, 0.05) is 30.0 Å². The summed E-state index contributed by atoms with van der Waals surface area (Å²) in [7, 11) is 0. The Morgan fingerprint density at radius 2 is 1.77 bits per heavy atom. The van der Waals surface area contributed by atoms with Crippen LogP contribution in [-0.4, -0.2) is 42.5 Å². The van der Waals surface area contributed by atoms with Gasteiger partial charge in [-0.25, -0.2) is 0 Å². The first-order valence-electron chi connectivity index (χ1n) is 10.6. The third-order valence-corrected chi connectivity index (χ3v) is 5.14. The van der Waals surface area contributed by atoms with Gasteiger partial charge >= 0.3 is 0 Å². The van der Waals surface area contributed by atoms with Crippen LogP contribution in [0, 0.1) is 5.92 Å². The summed E-state index contributed by atoms with van der Waals surface area (Å²) in [5, 5.41) is 5.95. The number of anilines is 2. The van der Waals surface area contributed by atoms with Crippen molar-refractivity contribution in [1.82, 2.24) is 4.90 Å². The number of hydrogen-bond donors (Lipinski definition) is 2. The number of nitrogens with zero attached hydrogens (tertiary/aromatic N) is 1. The summed E-state index contributed by atoms with van der Waals surface area (Å²) in [5.74, 6) is 1.32. The molecule has 3 rings (SSSR count). The van der Waals surface area contributed by atoms with Crippen LogP contribution in [0.15, 0.2) is 48.5 Å². The number of ether oxygens (including phenoxy) is 1. The largest absolute Gasteiger partial charge is 0.491 e. The topological polar surface area (TPSA) is 70.7 Å². The standard InChI is InChI=1S/C24H31N3O3/c1-17(2)30-22-9-7-20(8-10-22)25-16-23(28)26-21-6-4-5-19(15-21)24(29)27-13-11-18(3)12-14-27/h4-10,15,17-18,25H,11-14,16H2,1-3H3,(H,26,28). The number of likely N-dealkylation sites (tertiary alicyclic amines) is 1. The molecule has 1 aliphatic heterocycles. The minimum Gasteiger partial charge on any atom is -0.491 e. The Hall–Kier alpha value is -3.02. The van der Waals surface area contributed by atoms with Crippen molar-refractivity contribution in [2.45, 2.75) is 39.7 Å². The van der Waals surface area contributed by atoms with E-state index in [1.54, 1.807) is 24.3 Å². The van der Waals surface area contributed by atoms with Crippen molar-refractivity contribution in [2.24, 2.45) is 5.92 Å². The Morgan fingerprint density at radius 1 is 1.07 bits per heavy atom. The molecule has 30 heavy (non-hydrogen) atoms. The zero-order chi connectivity index (χ0) is 21.5. The van der Waals surface area contributed by atoms with Crippen LogP contribution < -0.4 is 15.4 Å². The fourth-order valence-corrected chi connectivity index (χ4v) is 3.44. The Balaban J connectivity index is 1.51. The van der Waals surface area contributed by atoms with Crippen LogP contribution in [0.4, 0.5) is 11.4 Å². The van der Waals surface area contributed by atoms with Gasteiger partial charge < -0.3 is 20.3 Å². The number of amides is 2. The summed E-state index contributed by atoms with van der Waals surface area (Å²) in [6.07, 6.45) is 2.20. The van der Waals surface area contributed by atoms with Gasteiger partial charge in [-0.3, -0.25) is 9.59 Å². The zero-order valence-electron chi connectivity index (χ0n) is 18.0. The van der Waals surface area contributed by atoms with Crippen LogP contribution in [-0.2, 0) is 4.79 Å². The molecule has 0 spiro atoms. The fourth-order valence-electron chi connectivity index (χ4n) is 3.44. The number of carbonyl (C=O) groups is 2. The molecule has 2 N–H and O–H groups in total. The third kappa shape index (κ3) is 6.24. The smallest absolute Gasteiger partial charge is 0.253 e. The molecule has 160 valence electrons. The summed E-state index contributed by atoms with van der Waals surface area (Å²) in [4.78, 5) is 27.0. The molecule has 2 aromatic carbocycles. The van der Waals surface area contributed by atoms with Crippen LogP contribution in [0.1, 0.15) is 44.0 Å². The van der Waals surface area contributed by atoms with Gasteiger partial charge in [0.2, 0.25) is 5.91 Å². The second kappa shape index (κ2) is 10.1. The number of piperidine rings is 1. The highest BCUT2D eigenvalue weighted by Crippen LogP contribution is 2.20. The number of benzene rings is 2. The van der Waals surface area contributed by atoms with Crippen LogP contribution in [0.5, 0.6) is 5.75 Å². The van der Waals surface area contributed by atoms with Crippen LogP contribution in [0.2, 0.25) is 0 Å². The van der Waals surface area contributed by atoms with E-state index < -0.39 is 0 Å². The van der Waals surface area contributed by atoms with E-state index in [4.69, 9.17) is 4.74 Å². The lowest BCUT2D eigenvalue weighted by Crippen LogP contribution is -2.37.